The van der Waals surface area contributed by atoms with E-state index in [4.69, 9.17) is 32.7 Å². The van der Waals surface area contributed by atoms with Crippen molar-refractivity contribution in [3.8, 4) is 16.9 Å². The van der Waals surface area contributed by atoms with Gasteiger partial charge in [-0.25, -0.2) is 9.48 Å². The van der Waals surface area contributed by atoms with Crippen LogP contribution in [0.4, 0.5) is 8.78 Å². The van der Waals surface area contributed by atoms with E-state index < -0.39 is 28.8 Å². The summed E-state index contributed by atoms with van der Waals surface area (Å²) in [5, 5.41) is 8.25. The molecule has 1 heterocycles. The first-order valence-electron chi connectivity index (χ1n) is 10.9. The summed E-state index contributed by atoms with van der Waals surface area (Å²) in [5.41, 5.74) is 0.264. The topological polar surface area (TPSA) is 66.2 Å². The third-order valence-corrected chi connectivity index (χ3v) is 6.04. The van der Waals surface area contributed by atoms with Crippen LogP contribution in [0.25, 0.3) is 11.1 Å². The van der Waals surface area contributed by atoms with Gasteiger partial charge in [0.05, 0.1) is 20.3 Å². The van der Waals surface area contributed by atoms with Crippen LogP contribution in [-0.2, 0) is 17.2 Å². The van der Waals surface area contributed by atoms with E-state index in [9.17, 15) is 4.79 Å². The summed E-state index contributed by atoms with van der Waals surface area (Å²) >= 11 is 12.4. The summed E-state index contributed by atoms with van der Waals surface area (Å²) in [7, 11) is 1.53. The zero-order chi connectivity index (χ0) is 25.9. The quantitative estimate of drug-likeness (QED) is 0.239. The fraction of sp³-hybridized carbons (Fsp3) is 0.192. The molecular weight excluding hydrogens is 511 g/mol. The Morgan fingerprint density at radius 2 is 1.72 bits per heavy atom. The molecule has 0 aliphatic rings. The van der Waals surface area contributed by atoms with Gasteiger partial charge in [0.1, 0.15) is 11.4 Å². The standard InChI is InChI=1S/C26H21Cl2F2N3O3/c1-3-36-25(34)23-24(33(32-31-23)15-16-4-11-20(35-2)12-5-16)26(29,30)18-8-13-21(22(28)14-18)17-6-9-19(27)10-7-17/h4-14H,3,15H2,1-2H3. The van der Waals surface area contributed by atoms with Crippen molar-refractivity contribution in [3.05, 3.63) is 99.3 Å². The molecule has 0 spiro atoms. The molecular formula is C26H21Cl2F2N3O3. The van der Waals surface area contributed by atoms with Crippen LogP contribution in [0.2, 0.25) is 10.0 Å². The molecule has 0 fully saturated rings. The number of aromatic nitrogens is 3. The second-order valence-electron chi connectivity index (χ2n) is 7.79. The second kappa shape index (κ2) is 10.6. The first-order chi connectivity index (χ1) is 17.2. The predicted octanol–water partition coefficient (Wildman–Crippen LogP) is 6.63. The number of hydrogen-bond acceptors (Lipinski definition) is 5. The van der Waals surface area contributed by atoms with Crippen LogP contribution in [0.15, 0.2) is 66.7 Å². The molecule has 0 saturated carbocycles. The molecule has 0 N–H and O–H groups in total. The number of hydrogen-bond donors (Lipinski definition) is 0. The van der Waals surface area contributed by atoms with E-state index in [2.05, 4.69) is 10.3 Å². The number of carbonyl (C=O) groups excluding carboxylic acids is 1. The van der Waals surface area contributed by atoms with Gasteiger partial charge in [-0.3, -0.25) is 0 Å². The Labute approximate surface area is 216 Å². The van der Waals surface area contributed by atoms with Crippen LogP contribution in [0.1, 0.15) is 34.2 Å². The third kappa shape index (κ3) is 5.20. The summed E-state index contributed by atoms with van der Waals surface area (Å²) in [6, 6.07) is 17.6. The smallest absolute Gasteiger partial charge is 0.361 e. The zero-order valence-corrected chi connectivity index (χ0v) is 20.9. The van der Waals surface area contributed by atoms with Crippen LogP contribution < -0.4 is 4.74 Å². The van der Waals surface area contributed by atoms with E-state index >= 15 is 8.78 Å². The Kier molecular flexibility index (Phi) is 7.56. The molecule has 0 aliphatic heterocycles. The van der Waals surface area contributed by atoms with Crippen molar-refractivity contribution in [1.82, 2.24) is 15.0 Å². The summed E-state index contributed by atoms with van der Waals surface area (Å²) in [4.78, 5) is 12.5. The van der Waals surface area contributed by atoms with Gasteiger partial charge >= 0.3 is 11.9 Å². The lowest BCUT2D eigenvalue weighted by Gasteiger charge is -2.20. The van der Waals surface area contributed by atoms with Crippen LogP contribution in [0.5, 0.6) is 5.75 Å². The minimum Gasteiger partial charge on any atom is -0.497 e. The molecule has 0 bridgehead atoms. The average molecular weight is 532 g/mol. The van der Waals surface area contributed by atoms with Crippen molar-refractivity contribution in [1.29, 1.82) is 0 Å². The Hall–Kier alpha value is -3.49. The Morgan fingerprint density at radius 1 is 1.03 bits per heavy atom. The fourth-order valence-electron chi connectivity index (χ4n) is 3.69. The summed E-state index contributed by atoms with van der Waals surface area (Å²) in [6.45, 7) is 1.52. The van der Waals surface area contributed by atoms with Crippen LogP contribution in [0, 0.1) is 0 Å². The summed E-state index contributed by atoms with van der Waals surface area (Å²) < 4.78 is 43.2. The van der Waals surface area contributed by atoms with E-state index in [0.29, 0.717) is 21.9 Å². The lowest BCUT2D eigenvalue weighted by molar-refractivity contribution is 0.0280. The van der Waals surface area contributed by atoms with E-state index in [-0.39, 0.29) is 18.2 Å². The second-order valence-corrected chi connectivity index (χ2v) is 8.63. The molecule has 4 aromatic rings. The van der Waals surface area contributed by atoms with E-state index in [1.807, 2.05) is 0 Å². The molecule has 6 nitrogen and oxygen atoms in total. The number of halogens is 4. The monoisotopic (exact) mass is 531 g/mol. The number of esters is 1. The molecule has 0 radical (unpaired) electrons. The highest BCUT2D eigenvalue weighted by molar-refractivity contribution is 6.33. The molecule has 10 heteroatoms. The number of carbonyl (C=O) groups is 1. The van der Waals surface area contributed by atoms with Crippen molar-refractivity contribution in [2.24, 2.45) is 0 Å². The van der Waals surface area contributed by atoms with Crippen LogP contribution in [-0.4, -0.2) is 34.7 Å². The van der Waals surface area contributed by atoms with Gasteiger partial charge in [0.15, 0.2) is 5.69 Å². The lowest BCUT2D eigenvalue weighted by atomic mass is 9.98. The van der Waals surface area contributed by atoms with Crippen molar-refractivity contribution in [3.63, 3.8) is 0 Å². The van der Waals surface area contributed by atoms with E-state index in [1.165, 1.54) is 25.3 Å². The third-order valence-electron chi connectivity index (χ3n) is 5.48. The van der Waals surface area contributed by atoms with Gasteiger partial charge in [-0.15, -0.1) is 5.10 Å². The van der Waals surface area contributed by atoms with Gasteiger partial charge in [-0.1, -0.05) is 64.8 Å². The van der Waals surface area contributed by atoms with Gasteiger partial charge in [-0.2, -0.15) is 8.78 Å². The van der Waals surface area contributed by atoms with Gasteiger partial charge in [0, 0.05) is 21.2 Å². The van der Waals surface area contributed by atoms with Crippen LogP contribution >= 0.6 is 23.2 Å². The molecule has 0 saturated heterocycles. The van der Waals surface area contributed by atoms with Crippen molar-refractivity contribution < 1.29 is 23.0 Å². The van der Waals surface area contributed by atoms with Gasteiger partial charge in [0.2, 0.25) is 0 Å². The first kappa shape index (κ1) is 25.6. The molecule has 0 aliphatic carbocycles. The molecule has 186 valence electrons. The number of benzene rings is 3. The molecule has 4 rings (SSSR count). The number of rotatable bonds is 8. The molecule has 1 aromatic heterocycles. The maximum atomic E-state index is 16.0. The highest BCUT2D eigenvalue weighted by atomic mass is 35.5. The normalized spacial score (nSPS) is 11.4. The minimum absolute atomic E-state index is 0.00317. The maximum absolute atomic E-state index is 16.0. The SMILES string of the molecule is CCOC(=O)c1nnn(Cc2ccc(OC)cc2)c1C(F)(F)c1ccc(-c2ccc(Cl)cc2)c(Cl)c1. The Balaban J connectivity index is 1.76. The molecule has 0 unspecified atom stereocenters. The van der Waals surface area contributed by atoms with Gasteiger partial charge in [-0.05, 0) is 48.4 Å². The van der Waals surface area contributed by atoms with Crippen molar-refractivity contribution in [2.75, 3.05) is 13.7 Å². The molecule has 36 heavy (non-hydrogen) atoms. The lowest BCUT2D eigenvalue weighted by Crippen LogP contribution is -2.25. The predicted molar refractivity (Wildman–Crippen MR) is 133 cm³/mol. The molecule has 0 amide bonds. The van der Waals surface area contributed by atoms with Gasteiger partial charge in [0.25, 0.3) is 0 Å². The Bertz CT molecular complexity index is 1370. The average Bonchev–Trinajstić information content (AvgIpc) is 3.30. The highest BCUT2D eigenvalue weighted by Crippen LogP contribution is 2.40. The van der Waals surface area contributed by atoms with E-state index in [0.717, 1.165) is 10.2 Å². The summed E-state index contributed by atoms with van der Waals surface area (Å²) in [5.74, 6) is -4.04. The molecule has 3 aromatic carbocycles. The van der Waals surface area contributed by atoms with Crippen molar-refractivity contribution >= 4 is 29.2 Å². The number of alkyl halides is 2. The minimum atomic E-state index is -3.67. The fourth-order valence-corrected chi connectivity index (χ4v) is 4.10. The number of ether oxygens (including phenoxy) is 2. The first-order valence-corrected chi connectivity index (χ1v) is 11.7. The summed E-state index contributed by atoms with van der Waals surface area (Å²) in [6.07, 6.45) is 0. The van der Waals surface area contributed by atoms with Gasteiger partial charge < -0.3 is 9.47 Å². The van der Waals surface area contributed by atoms with E-state index in [1.54, 1.807) is 55.5 Å². The maximum Gasteiger partial charge on any atom is 0.361 e. The zero-order valence-electron chi connectivity index (χ0n) is 19.3. The van der Waals surface area contributed by atoms with Crippen LogP contribution in [0.3, 0.4) is 0 Å². The number of nitrogens with zero attached hydrogens (tertiary/aromatic N) is 3. The highest BCUT2D eigenvalue weighted by Gasteiger charge is 2.43. The number of methoxy groups -OCH3 is 1. The molecule has 0 atom stereocenters. The largest absolute Gasteiger partial charge is 0.497 e. The van der Waals surface area contributed by atoms with Crippen molar-refractivity contribution in [2.45, 2.75) is 19.4 Å². The Morgan fingerprint density at radius 3 is 2.33 bits per heavy atom.